The monoisotopic (exact) mass is 504 g/mol. The van der Waals surface area contributed by atoms with Crippen molar-refractivity contribution in [2.45, 2.75) is 53.6 Å². The van der Waals surface area contributed by atoms with E-state index in [0.717, 1.165) is 64.8 Å². The number of rotatable bonds is 7. The maximum atomic E-state index is 12.5. The van der Waals surface area contributed by atoms with Crippen LogP contribution in [0.3, 0.4) is 0 Å². The largest absolute Gasteiger partial charge is 0.461 e. The van der Waals surface area contributed by atoms with Crippen molar-refractivity contribution < 1.29 is 9.53 Å². The summed E-state index contributed by atoms with van der Waals surface area (Å²) in [4.78, 5) is 22.0. The Labute approximate surface area is 221 Å². The van der Waals surface area contributed by atoms with Crippen LogP contribution >= 0.6 is 0 Å². The summed E-state index contributed by atoms with van der Waals surface area (Å²) in [6.45, 7) is 10.1. The van der Waals surface area contributed by atoms with E-state index in [1.807, 2.05) is 26.0 Å². The fourth-order valence-corrected chi connectivity index (χ4v) is 5.95. The Morgan fingerprint density at radius 2 is 1.32 bits per heavy atom. The van der Waals surface area contributed by atoms with Crippen molar-refractivity contribution in [3.8, 4) is 0 Å². The summed E-state index contributed by atoms with van der Waals surface area (Å²) in [5.41, 5.74) is 8.12. The zero-order valence-corrected chi connectivity index (χ0v) is 22.4. The Bertz CT molecular complexity index is 1840. The van der Waals surface area contributed by atoms with Crippen molar-refractivity contribution in [3.05, 3.63) is 83.4 Å². The lowest BCUT2D eigenvalue weighted by Gasteiger charge is -2.13. The van der Waals surface area contributed by atoms with Gasteiger partial charge in [-0.05, 0) is 57.9 Å². The molecule has 192 valence electrons. The van der Waals surface area contributed by atoms with Gasteiger partial charge in [0.2, 0.25) is 0 Å². The number of aromatic nitrogens is 4. The third kappa shape index (κ3) is 3.83. The smallest absolute Gasteiger partial charge is 0.356 e. The number of fused-ring (bicyclic) bond motifs is 6. The summed E-state index contributed by atoms with van der Waals surface area (Å²) in [6.07, 6.45) is 1.87. The van der Waals surface area contributed by atoms with Gasteiger partial charge in [-0.15, -0.1) is 0 Å². The van der Waals surface area contributed by atoms with E-state index in [0.29, 0.717) is 12.3 Å². The molecule has 0 atom stereocenters. The van der Waals surface area contributed by atoms with Crippen molar-refractivity contribution in [1.29, 1.82) is 0 Å². The minimum Gasteiger partial charge on any atom is -0.461 e. The first-order valence-electron chi connectivity index (χ1n) is 13.4. The molecular formula is C32H32N4O2. The average Bonchev–Trinajstić information content (AvgIpc) is 3.42. The second kappa shape index (κ2) is 9.60. The van der Waals surface area contributed by atoms with Gasteiger partial charge in [-0.2, -0.15) is 0 Å². The van der Waals surface area contributed by atoms with Gasteiger partial charge in [-0.25, -0.2) is 9.78 Å². The van der Waals surface area contributed by atoms with Gasteiger partial charge < -0.3 is 13.9 Å². The Morgan fingerprint density at radius 1 is 0.763 bits per heavy atom. The molecule has 6 heteroatoms. The number of hydrogen-bond acceptors (Lipinski definition) is 4. The first-order valence-corrected chi connectivity index (χ1v) is 13.4. The molecule has 6 aromatic rings. The van der Waals surface area contributed by atoms with Crippen LogP contribution in [0, 0.1) is 13.8 Å². The summed E-state index contributed by atoms with van der Waals surface area (Å²) < 4.78 is 10.0. The van der Waals surface area contributed by atoms with Gasteiger partial charge in [0.1, 0.15) is 5.69 Å². The molecule has 0 bridgehead atoms. The average molecular weight is 505 g/mol. The Kier molecular flexibility index (Phi) is 6.10. The van der Waals surface area contributed by atoms with Gasteiger partial charge in [-0.1, -0.05) is 43.3 Å². The van der Waals surface area contributed by atoms with Gasteiger partial charge >= 0.3 is 5.97 Å². The summed E-state index contributed by atoms with van der Waals surface area (Å²) in [5, 5.41) is 4.74. The van der Waals surface area contributed by atoms with Crippen LogP contribution in [0.5, 0.6) is 0 Å². The third-order valence-corrected chi connectivity index (χ3v) is 7.51. The topological polar surface area (TPSA) is 61.9 Å². The summed E-state index contributed by atoms with van der Waals surface area (Å²) in [7, 11) is 0. The predicted molar refractivity (Wildman–Crippen MR) is 154 cm³/mol. The normalized spacial score (nSPS) is 11.8. The van der Waals surface area contributed by atoms with Crippen molar-refractivity contribution in [2.75, 3.05) is 6.61 Å². The first-order chi connectivity index (χ1) is 18.5. The number of benzene rings is 2. The molecule has 0 amide bonds. The quantitative estimate of drug-likeness (QED) is 0.217. The molecule has 0 saturated heterocycles. The molecular weight excluding hydrogens is 472 g/mol. The number of para-hydroxylation sites is 2. The third-order valence-electron chi connectivity index (χ3n) is 7.51. The molecule has 0 N–H and O–H groups in total. The number of esters is 1. The molecule has 0 aliphatic carbocycles. The molecule has 38 heavy (non-hydrogen) atoms. The highest BCUT2D eigenvalue weighted by atomic mass is 16.5. The molecule has 0 aliphatic heterocycles. The number of hydrogen-bond donors (Lipinski definition) is 0. The van der Waals surface area contributed by atoms with Crippen molar-refractivity contribution in [1.82, 2.24) is 19.1 Å². The summed E-state index contributed by atoms with van der Waals surface area (Å²) in [6, 6.07) is 21.2. The number of carbonyl (C=O) groups excluding carboxylic acids is 1. The van der Waals surface area contributed by atoms with E-state index in [1.165, 1.54) is 21.8 Å². The standard InChI is InChI=1S/C32H32N4O2/c1-5-22-18-25-23-12-7-9-14-28(23)35(30(25)20(3)33-22)16-11-17-36-29-15-10-8-13-24(29)26-19-27(32(37)38-6-2)34-21(4)31(26)36/h7-10,12-15,18-19H,5-6,11,16-17H2,1-4H3. The van der Waals surface area contributed by atoms with Gasteiger partial charge in [0.25, 0.3) is 0 Å². The van der Waals surface area contributed by atoms with E-state index in [-0.39, 0.29) is 5.97 Å². The number of nitrogens with zero attached hydrogens (tertiary/aromatic N) is 4. The van der Waals surface area contributed by atoms with E-state index in [4.69, 9.17) is 9.72 Å². The maximum Gasteiger partial charge on any atom is 0.356 e. The van der Waals surface area contributed by atoms with Crippen LogP contribution in [-0.2, 0) is 24.2 Å². The molecule has 4 heterocycles. The highest BCUT2D eigenvalue weighted by molar-refractivity contribution is 6.10. The highest BCUT2D eigenvalue weighted by Gasteiger charge is 2.19. The van der Waals surface area contributed by atoms with E-state index in [2.05, 4.69) is 76.5 Å². The van der Waals surface area contributed by atoms with Gasteiger partial charge in [0.05, 0.1) is 29.0 Å². The van der Waals surface area contributed by atoms with E-state index in [1.54, 1.807) is 0 Å². The molecule has 0 radical (unpaired) electrons. The van der Waals surface area contributed by atoms with Crippen LogP contribution < -0.4 is 0 Å². The highest BCUT2D eigenvalue weighted by Crippen LogP contribution is 2.33. The second-order valence-electron chi connectivity index (χ2n) is 9.85. The second-order valence-corrected chi connectivity index (χ2v) is 9.85. The van der Waals surface area contributed by atoms with Crippen LogP contribution in [0.4, 0.5) is 0 Å². The zero-order chi connectivity index (χ0) is 26.4. The van der Waals surface area contributed by atoms with Gasteiger partial charge in [-0.3, -0.25) is 4.98 Å². The Morgan fingerprint density at radius 3 is 1.89 bits per heavy atom. The van der Waals surface area contributed by atoms with E-state index in [9.17, 15) is 4.79 Å². The lowest BCUT2D eigenvalue weighted by Crippen LogP contribution is -2.09. The zero-order valence-electron chi connectivity index (χ0n) is 22.4. The van der Waals surface area contributed by atoms with Crippen molar-refractivity contribution in [3.63, 3.8) is 0 Å². The number of pyridine rings is 2. The number of ether oxygens (including phenoxy) is 1. The van der Waals surface area contributed by atoms with Crippen LogP contribution in [0.2, 0.25) is 0 Å². The molecule has 0 spiro atoms. The van der Waals surface area contributed by atoms with Crippen LogP contribution in [0.1, 0.15) is 47.8 Å². The maximum absolute atomic E-state index is 12.5. The molecule has 0 unspecified atom stereocenters. The molecule has 4 aromatic heterocycles. The van der Waals surface area contributed by atoms with Crippen LogP contribution in [0.15, 0.2) is 60.7 Å². The fourth-order valence-electron chi connectivity index (χ4n) is 5.95. The van der Waals surface area contributed by atoms with E-state index < -0.39 is 0 Å². The fraction of sp³-hybridized carbons (Fsp3) is 0.281. The molecule has 0 saturated carbocycles. The van der Waals surface area contributed by atoms with Crippen LogP contribution in [-0.4, -0.2) is 31.7 Å². The lowest BCUT2D eigenvalue weighted by molar-refractivity contribution is 0.0519. The summed E-state index contributed by atoms with van der Waals surface area (Å²) in [5.74, 6) is -0.379. The van der Waals surface area contributed by atoms with Gasteiger partial charge in [0.15, 0.2) is 0 Å². The summed E-state index contributed by atoms with van der Waals surface area (Å²) >= 11 is 0. The first kappa shape index (κ1) is 24.2. The van der Waals surface area contributed by atoms with E-state index >= 15 is 0 Å². The Hall–Kier alpha value is -4.19. The molecule has 2 aromatic carbocycles. The van der Waals surface area contributed by atoms with Crippen molar-refractivity contribution >= 4 is 49.6 Å². The Balaban J connectivity index is 1.41. The SMILES string of the molecule is CCOC(=O)c1cc2c3ccccc3n(CCCn3c4ccccc4c4cc(CC)nc(C)c43)c2c(C)n1. The molecule has 6 rings (SSSR count). The van der Waals surface area contributed by atoms with Crippen LogP contribution in [0.25, 0.3) is 43.6 Å². The van der Waals surface area contributed by atoms with Crippen molar-refractivity contribution in [2.24, 2.45) is 0 Å². The predicted octanol–water partition coefficient (Wildman–Crippen LogP) is 7.14. The number of carbonyl (C=O) groups is 1. The number of aryl methyl sites for hydroxylation is 5. The molecule has 0 aliphatic rings. The minimum atomic E-state index is -0.379. The molecule has 0 fully saturated rings. The molecule has 6 nitrogen and oxygen atoms in total. The lowest BCUT2D eigenvalue weighted by atomic mass is 10.1. The minimum absolute atomic E-state index is 0.330. The van der Waals surface area contributed by atoms with Gasteiger partial charge in [0, 0.05) is 51.4 Å².